The Morgan fingerprint density at radius 3 is 2.46 bits per heavy atom. The molecule has 0 saturated carbocycles. The van der Waals surface area contributed by atoms with Gasteiger partial charge >= 0.3 is 0 Å². The van der Waals surface area contributed by atoms with Crippen LogP contribution in [-0.4, -0.2) is 68.2 Å². The molecule has 7 heteroatoms. The molecule has 2 aliphatic rings. The van der Waals surface area contributed by atoms with Crippen molar-refractivity contribution in [1.29, 1.82) is 0 Å². The van der Waals surface area contributed by atoms with Gasteiger partial charge in [-0.05, 0) is 43.1 Å². The summed E-state index contributed by atoms with van der Waals surface area (Å²) in [6, 6.07) is 5.42. The van der Waals surface area contributed by atoms with Gasteiger partial charge < -0.3 is 9.80 Å². The molecule has 0 N–H and O–H groups in total. The van der Waals surface area contributed by atoms with Gasteiger partial charge in [-0.1, -0.05) is 19.9 Å². The second-order valence-electron chi connectivity index (χ2n) is 7.46. The SMILES string of the molecule is CC[C@H](C)C(=O)N1CCc2ccc(S(=O)(=O)N3CCN(C)CC3)cc2C1. The zero-order valence-corrected chi connectivity index (χ0v) is 16.8. The minimum atomic E-state index is -3.47. The number of hydrogen-bond donors (Lipinski definition) is 0. The lowest BCUT2D eigenvalue weighted by atomic mass is 9.98. The Hall–Kier alpha value is -1.44. The minimum Gasteiger partial charge on any atom is -0.338 e. The van der Waals surface area contributed by atoms with Crippen LogP contribution in [0.5, 0.6) is 0 Å². The van der Waals surface area contributed by atoms with Gasteiger partial charge in [0.2, 0.25) is 15.9 Å². The Kier molecular flexibility index (Phi) is 5.69. The first-order valence-electron chi connectivity index (χ1n) is 9.42. The zero-order chi connectivity index (χ0) is 18.9. The van der Waals surface area contributed by atoms with Crippen LogP contribution in [0, 0.1) is 5.92 Å². The second-order valence-corrected chi connectivity index (χ2v) is 9.39. The van der Waals surface area contributed by atoms with Gasteiger partial charge in [0.05, 0.1) is 4.90 Å². The van der Waals surface area contributed by atoms with E-state index in [0.717, 1.165) is 37.1 Å². The molecule has 1 saturated heterocycles. The minimum absolute atomic E-state index is 0.00815. The third kappa shape index (κ3) is 3.80. The van der Waals surface area contributed by atoms with Crippen LogP contribution in [0.1, 0.15) is 31.4 Å². The molecule has 26 heavy (non-hydrogen) atoms. The Bertz CT molecular complexity index is 770. The van der Waals surface area contributed by atoms with Crippen molar-refractivity contribution in [1.82, 2.24) is 14.1 Å². The predicted octanol–water partition coefficient (Wildman–Crippen LogP) is 1.55. The van der Waals surface area contributed by atoms with Crippen molar-refractivity contribution in [3.63, 3.8) is 0 Å². The van der Waals surface area contributed by atoms with Gasteiger partial charge in [0.15, 0.2) is 0 Å². The number of carbonyl (C=O) groups is 1. The topological polar surface area (TPSA) is 60.9 Å². The van der Waals surface area contributed by atoms with Gasteiger partial charge in [-0.15, -0.1) is 0 Å². The lowest BCUT2D eigenvalue weighted by molar-refractivity contribution is -0.136. The highest BCUT2D eigenvalue weighted by Gasteiger charge is 2.29. The van der Waals surface area contributed by atoms with Crippen LogP contribution in [0.2, 0.25) is 0 Å². The molecule has 0 aliphatic carbocycles. The van der Waals surface area contributed by atoms with Crippen LogP contribution in [-0.2, 0) is 27.8 Å². The average Bonchev–Trinajstić information content (AvgIpc) is 2.66. The molecular formula is C19H29N3O3S. The molecule has 144 valence electrons. The lowest BCUT2D eigenvalue weighted by Crippen LogP contribution is -2.47. The number of rotatable bonds is 4. The van der Waals surface area contributed by atoms with Crippen molar-refractivity contribution in [3.05, 3.63) is 29.3 Å². The summed E-state index contributed by atoms with van der Waals surface area (Å²) in [5.74, 6) is 0.166. The molecular weight excluding hydrogens is 350 g/mol. The van der Waals surface area contributed by atoms with E-state index in [9.17, 15) is 13.2 Å². The van der Waals surface area contributed by atoms with Gasteiger partial charge in [0.25, 0.3) is 0 Å². The number of piperazine rings is 1. The van der Waals surface area contributed by atoms with Gasteiger partial charge in [-0.2, -0.15) is 4.31 Å². The maximum absolute atomic E-state index is 13.0. The fourth-order valence-corrected chi connectivity index (χ4v) is 5.02. The van der Waals surface area contributed by atoms with Crippen molar-refractivity contribution >= 4 is 15.9 Å². The smallest absolute Gasteiger partial charge is 0.243 e. The molecule has 1 fully saturated rings. The molecule has 0 radical (unpaired) electrons. The van der Waals surface area contributed by atoms with Crippen LogP contribution >= 0.6 is 0 Å². The molecule has 0 spiro atoms. The van der Waals surface area contributed by atoms with Crippen molar-refractivity contribution in [2.75, 3.05) is 39.8 Å². The molecule has 2 aliphatic heterocycles. The third-order valence-electron chi connectivity index (χ3n) is 5.64. The number of sulfonamides is 1. The van der Waals surface area contributed by atoms with E-state index in [1.54, 1.807) is 16.4 Å². The van der Waals surface area contributed by atoms with Crippen LogP contribution in [0.25, 0.3) is 0 Å². The van der Waals surface area contributed by atoms with E-state index in [1.807, 2.05) is 31.9 Å². The highest BCUT2D eigenvalue weighted by Crippen LogP contribution is 2.26. The number of amides is 1. The fraction of sp³-hybridized carbons (Fsp3) is 0.632. The van der Waals surface area contributed by atoms with E-state index in [-0.39, 0.29) is 11.8 Å². The summed E-state index contributed by atoms with van der Waals surface area (Å²) in [5.41, 5.74) is 2.11. The number of likely N-dealkylation sites (N-methyl/N-ethyl adjacent to an activating group) is 1. The molecule has 0 bridgehead atoms. The van der Waals surface area contributed by atoms with Gasteiger partial charge in [-0.3, -0.25) is 4.79 Å². The van der Waals surface area contributed by atoms with Crippen molar-refractivity contribution in [2.24, 2.45) is 5.92 Å². The monoisotopic (exact) mass is 379 g/mol. The lowest BCUT2D eigenvalue weighted by Gasteiger charge is -2.33. The Morgan fingerprint density at radius 2 is 1.81 bits per heavy atom. The Morgan fingerprint density at radius 1 is 1.12 bits per heavy atom. The number of fused-ring (bicyclic) bond motifs is 1. The number of carbonyl (C=O) groups excluding carboxylic acids is 1. The summed E-state index contributed by atoms with van der Waals surface area (Å²) in [5, 5.41) is 0. The Labute approximate surface area is 156 Å². The van der Waals surface area contributed by atoms with Gasteiger partial charge in [0, 0.05) is 45.2 Å². The summed E-state index contributed by atoms with van der Waals surface area (Å²) in [6.07, 6.45) is 1.60. The predicted molar refractivity (Wildman–Crippen MR) is 101 cm³/mol. The first-order chi connectivity index (χ1) is 12.3. The third-order valence-corrected chi connectivity index (χ3v) is 7.53. The number of nitrogens with zero attached hydrogens (tertiary/aromatic N) is 3. The van der Waals surface area contributed by atoms with Gasteiger partial charge in [-0.25, -0.2) is 8.42 Å². The average molecular weight is 380 g/mol. The maximum Gasteiger partial charge on any atom is 0.243 e. The highest BCUT2D eigenvalue weighted by molar-refractivity contribution is 7.89. The van der Waals surface area contributed by atoms with Crippen LogP contribution < -0.4 is 0 Å². The van der Waals surface area contributed by atoms with E-state index in [4.69, 9.17) is 0 Å². The van der Waals surface area contributed by atoms with E-state index < -0.39 is 10.0 Å². The molecule has 6 nitrogen and oxygen atoms in total. The molecule has 0 unspecified atom stereocenters. The summed E-state index contributed by atoms with van der Waals surface area (Å²) >= 11 is 0. The molecule has 1 amide bonds. The molecule has 0 aromatic heterocycles. The van der Waals surface area contributed by atoms with Crippen LogP contribution in [0.3, 0.4) is 0 Å². The summed E-state index contributed by atoms with van der Waals surface area (Å²) < 4.78 is 27.5. The summed E-state index contributed by atoms with van der Waals surface area (Å²) in [4.78, 5) is 16.8. The summed E-state index contributed by atoms with van der Waals surface area (Å²) in [6.45, 7) is 7.73. The molecule has 3 rings (SSSR count). The first-order valence-corrected chi connectivity index (χ1v) is 10.9. The molecule has 1 aromatic carbocycles. The quantitative estimate of drug-likeness (QED) is 0.796. The van der Waals surface area contributed by atoms with Crippen molar-refractivity contribution in [3.8, 4) is 0 Å². The normalized spacial score (nSPS) is 20.7. The van der Waals surface area contributed by atoms with Gasteiger partial charge in [0.1, 0.15) is 0 Å². The van der Waals surface area contributed by atoms with Crippen molar-refractivity contribution in [2.45, 2.75) is 38.1 Å². The molecule has 2 heterocycles. The van der Waals surface area contributed by atoms with E-state index in [1.165, 1.54) is 0 Å². The summed E-state index contributed by atoms with van der Waals surface area (Å²) in [7, 11) is -1.47. The Balaban J connectivity index is 1.81. The second kappa shape index (κ2) is 7.66. The van der Waals surface area contributed by atoms with Crippen LogP contribution in [0.4, 0.5) is 0 Å². The highest BCUT2D eigenvalue weighted by atomic mass is 32.2. The molecule has 1 atom stereocenters. The first kappa shape index (κ1) is 19.3. The van der Waals surface area contributed by atoms with E-state index in [2.05, 4.69) is 4.90 Å². The number of benzene rings is 1. The fourth-order valence-electron chi connectivity index (χ4n) is 3.55. The maximum atomic E-state index is 13.0. The van der Waals surface area contributed by atoms with Crippen molar-refractivity contribution < 1.29 is 13.2 Å². The standard InChI is InChI=1S/C19H29N3O3S/c1-4-15(2)19(23)21-8-7-16-5-6-18(13-17(16)14-21)26(24,25)22-11-9-20(3)10-12-22/h5-6,13,15H,4,7-12,14H2,1-3H3/t15-/m0/s1. The largest absolute Gasteiger partial charge is 0.338 e. The number of hydrogen-bond acceptors (Lipinski definition) is 4. The molecule has 1 aromatic rings. The van der Waals surface area contributed by atoms with E-state index >= 15 is 0 Å². The van der Waals surface area contributed by atoms with Crippen LogP contribution in [0.15, 0.2) is 23.1 Å². The van der Waals surface area contributed by atoms with E-state index in [0.29, 0.717) is 31.1 Å². The zero-order valence-electron chi connectivity index (χ0n) is 15.9.